The molecule has 21 heavy (non-hydrogen) atoms. The molecule has 116 valence electrons. The molecule has 0 spiro atoms. The van der Waals surface area contributed by atoms with Crippen LogP contribution in [0.25, 0.3) is 0 Å². The van der Waals surface area contributed by atoms with Crippen LogP contribution in [0.5, 0.6) is 0 Å². The van der Waals surface area contributed by atoms with Crippen molar-refractivity contribution in [2.75, 3.05) is 20.8 Å². The van der Waals surface area contributed by atoms with E-state index < -0.39 is 23.5 Å². The lowest BCUT2D eigenvalue weighted by Crippen LogP contribution is -2.50. The maximum atomic E-state index is 12.4. The van der Waals surface area contributed by atoms with Crippen LogP contribution < -0.4 is 5.32 Å². The van der Waals surface area contributed by atoms with Crippen molar-refractivity contribution in [3.05, 3.63) is 35.9 Å². The van der Waals surface area contributed by atoms with E-state index in [9.17, 15) is 9.59 Å². The van der Waals surface area contributed by atoms with Gasteiger partial charge in [0.05, 0.1) is 0 Å². The summed E-state index contributed by atoms with van der Waals surface area (Å²) in [6, 6.07) is 7.91. The van der Waals surface area contributed by atoms with E-state index in [1.165, 1.54) is 14.2 Å². The summed E-state index contributed by atoms with van der Waals surface area (Å²) < 4.78 is 10.2. The third-order valence-corrected chi connectivity index (χ3v) is 3.38. The molecule has 6 heteroatoms. The number of hydrogen-bond acceptors (Lipinski definition) is 4. The Bertz CT molecular complexity index is 476. The molecule has 1 aromatic carbocycles. The molecule has 0 aromatic heterocycles. The Morgan fingerprint density at radius 3 is 2.38 bits per heavy atom. The van der Waals surface area contributed by atoms with E-state index >= 15 is 0 Å². The summed E-state index contributed by atoms with van der Waals surface area (Å²) in [7, 11) is 2.89. The van der Waals surface area contributed by atoms with Gasteiger partial charge in [0, 0.05) is 27.2 Å². The Morgan fingerprint density at radius 2 is 1.90 bits per heavy atom. The third-order valence-electron chi connectivity index (χ3n) is 3.38. The van der Waals surface area contributed by atoms with E-state index in [-0.39, 0.29) is 13.0 Å². The lowest BCUT2D eigenvalue weighted by Gasteiger charge is -2.29. The van der Waals surface area contributed by atoms with Gasteiger partial charge in [0.25, 0.3) is 5.91 Å². The largest absolute Gasteiger partial charge is 0.480 e. The standard InChI is InChI=1S/C15H21NO5/c1-15(21-3,11-7-5-4-6-8-11)14(19)16-12(13(17)18)9-10-20-2/h4-8,12H,9-10H2,1-3H3,(H,16,19)(H,17,18). The van der Waals surface area contributed by atoms with Gasteiger partial charge in [-0.05, 0) is 12.5 Å². The van der Waals surface area contributed by atoms with Crippen molar-refractivity contribution >= 4 is 11.9 Å². The number of rotatable bonds is 8. The topological polar surface area (TPSA) is 84.9 Å². The summed E-state index contributed by atoms with van der Waals surface area (Å²) in [5.41, 5.74) is -0.594. The molecule has 2 N–H and O–H groups in total. The number of carboxylic acid groups (broad SMARTS) is 1. The molecule has 1 rings (SSSR count). The fourth-order valence-electron chi connectivity index (χ4n) is 1.89. The van der Waals surface area contributed by atoms with Crippen LogP contribution in [0.15, 0.2) is 30.3 Å². The number of carboxylic acids is 1. The minimum Gasteiger partial charge on any atom is -0.480 e. The molecule has 0 heterocycles. The van der Waals surface area contributed by atoms with Gasteiger partial charge in [0.1, 0.15) is 6.04 Å². The summed E-state index contributed by atoms with van der Waals surface area (Å²) in [4.78, 5) is 23.6. The first-order valence-electron chi connectivity index (χ1n) is 6.59. The number of ether oxygens (including phenoxy) is 2. The number of hydrogen-bond donors (Lipinski definition) is 2. The summed E-state index contributed by atoms with van der Waals surface area (Å²) in [5.74, 6) is -1.60. The van der Waals surface area contributed by atoms with Gasteiger partial charge < -0.3 is 19.9 Å². The number of methoxy groups -OCH3 is 2. The van der Waals surface area contributed by atoms with Crippen molar-refractivity contribution in [3.63, 3.8) is 0 Å². The lowest BCUT2D eigenvalue weighted by molar-refractivity contribution is -0.149. The Hall–Kier alpha value is -1.92. The quantitative estimate of drug-likeness (QED) is 0.751. The van der Waals surface area contributed by atoms with Crippen molar-refractivity contribution < 1.29 is 24.2 Å². The molecular weight excluding hydrogens is 274 g/mol. The second-order valence-corrected chi connectivity index (χ2v) is 4.75. The van der Waals surface area contributed by atoms with Crippen LogP contribution in [0.3, 0.4) is 0 Å². The van der Waals surface area contributed by atoms with Crippen LogP contribution in [-0.4, -0.2) is 43.9 Å². The number of carbonyl (C=O) groups excluding carboxylic acids is 1. The number of aliphatic carboxylic acids is 1. The highest BCUT2D eigenvalue weighted by Crippen LogP contribution is 2.24. The molecule has 2 unspecified atom stereocenters. The maximum Gasteiger partial charge on any atom is 0.326 e. The predicted molar refractivity (Wildman–Crippen MR) is 76.9 cm³/mol. The minimum absolute atomic E-state index is 0.187. The molecule has 0 fully saturated rings. The van der Waals surface area contributed by atoms with Crippen molar-refractivity contribution in [1.29, 1.82) is 0 Å². The number of amides is 1. The summed E-state index contributed by atoms with van der Waals surface area (Å²) in [6.07, 6.45) is 0.187. The average molecular weight is 295 g/mol. The maximum absolute atomic E-state index is 12.4. The molecule has 2 atom stereocenters. The zero-order valence-electron chi connectivity index (χ0n) is 12.5. The first kappa shape index (κ1) is 17.1. The fraction of sp³-hybridized carbons (Fsp3) is 0.467. The molecule has 0 saturated carbocycles. The van der Waals surface area contributed by atoms with Gasteiger partial charge >= 0.3 is 5.97 Å². The van der Waals surface area contributed by atoms with Crippen LogP contribution >= 0.6 is 0 Å². The van der Waals surface area contributed by atoms with Crippen LogP contribution in [0.1, 0.15) is 18.9 Å². The monoisotopic (exact) mass is 295 g/mol. The molecular formula is C15H21NO5. The Balaban J connectivity index is 2.90. The van der Waals surface area contributed by atoms with E-state index in [1.54, 1.807) is 31.2 Å². The molecule has 1 aromatic rings. The van der Waals surface area contributed by atoms with E-state index in [4.69, 9.17) is 14.6 Å². The van der Waals surface area contributed by atoms with Gasteiger partial charge in [-0.25, -0.2) is 4.79 Å². The molecule has 0 aliphatic rings. The number of nitrogens with one attached hydrogen (secondary N) is 1. The second-order valence-electron chi connectivity index (χ2n) is 4.75. The fourth-order valence-corrected chi connectivity index (χ4v) is 1.89. The summed E-state index contributed by atoms with van der Waals surface area (Å²) in [6.45, 7) is 1.85. The van der Waals surface area contributed by atoms with Gasteiger partial charge in [-0.2, -0.15) is 0 Å². The Kier molecular flexibility index (Phi) is 6.33. The summed E-state index contributed by atoms with van der Waals surface area (Å²) >= 11 is 0. The van der Waals surface area contributed by atoms with E-state index in [2.05, 4.69) is 5.32 Å². The van der Waals surface area contributed by atoms with Crippen LogP contribution in [0, 0.1) is 0 Å². The molecule has 0 radical (unpaired) electrons. The first-order valence-corrected chi connectivity index (χ1v) is 6.59. The predicted octanol–water partition coefficient (Wildman–Crippen LogP) is 1.15. The van der Waals surface area contributed by atoms with E-state index in [1.807, 2.05) is 6.07 Å². The molecule has 0 bridgehead atoms. The smallest absolute Gasteiger partial charge is 0.326 e. The highest BCUT2D eigenvalue weighted by atomic mass is 16.5. The molecule has 0 saturated heterocycles. The normalized spacial score (nSPS) is 15.0. The van der Waals surface area contributed by atoms with Crippen molar-refractivity contribution in [3.8, 4) is 0 Å². The Morgan fingerprint density at radius 1 is 1.29 bits per heavy atom. The van der Waals surface area contributed by atoms with Crippen LogP contribution in [-0.2, 0) is 24.7 Å². The Labute approximate surface area is 124 Å². The van der Waals surface area contributed by atoms with Gasteiger partial charge in [-0.15, -0.1) is 0 Å². The van der Waals surface area contributed by atoms with Crippen molar-refractivity contribution in [1.82, 2.24) is 5.32 Å². The van der Waals surface area contributed by atoms with Crippen molar-refractivity contribution in [2.24, 2.45) is 0 Å². The van der Waals surface area contributed by atoms with Crippen LogP contribution in [0.2, 0.25) is 0 Å². The highest BCUT2D eigenvalue weighted by molar-refractivity contribution is 5.90. The SMILES string of the molecule is COCCC(NC(=O)C(C)(OC)c1ccccc1)C(=O)O. The zero-order chi connectivity index (χ0) is 15.9. The number of benzene rings is 1. The van der Waals surface area contributed by atoms with E-state index in [0.29, 0.717) is 5.56 Å². The van der Waals surface area contributed by atoms with Gasteiger partial charge in [-0.3, -0.25) is 4.79 Å². The third kappa shape index (κ3) is 4.27. The van der Waals surface area contributed by atoms with E-state index in [0.717, 1.165) is 0 Å². The lowest BCUT2D eigenvalue weighted by atomic mass is 9.94. The first-order chi connectivity index (χ1) is 9.95. The molecule has 6 nitrogen and oxygen atoms in total. The highest BCUT2D eigenvalue weighted by Gasteiger charge is 2.37. The molecule has 0 aliphatic heterocycles. The van der Waals surface area contributed by atoms with Crippen molar-refractivity contribution in [2.45, 2.75) is 25.0 Å². The summed E-state index contributed by atoms with van der Waals surface area (Å²) in [5, 5.41) is 11.6. The number of carbonyl (C=O) groups is 2. The molecule has 0 aliphatic carbocycles. The second kappa shape index (κ2) is 7.75. The van der Waals surface area contributed by atoms with Crippen LogP contribution in [0.4, 0.5) is 0 Å². The van der Waals surface area contributed by atoms with Gasteiger partial charge in [0.2, 0.25) is 0 Å². The van der Waals surface area contributed by atoms with Gasteiger partial charge in [0.15, 0.2) is 5.60 Å². The zero-order valence-corrected chi connectivity index (χ0v) is 12.5. The minimum atomic E-state index is -1.25. The van der Waals surface area contributed by atoms with Gasteiger partial charge in [-0.1, -0.05) is 30.3 Å². The average Bonchev–Trinajstić information content (AvgIpc) is 2.50. The molecule has 1 amide bonds.